The number of rotatable bonds is 3. The lowest BCUT2D eigenvalue weighted by molar-refractivity contribution is -0.145. The van der Waals surface area contributed by atoms with E-state index in [2.05, 4.69) is 17.0 Å². The van der Waals surface area contributed by atoms with Crippen molar-refractivity contribution in [2.75, 3.05) is 26.2 Å². The van der Waals surface area contributed by atoms with Gasteiger partial charge < -0.3 is 9.64 Å². The second-order valence-electron chi connectivity index (χ2n) is 10.4. The first-order chi connectivity index (χ1) is 16.8. The molecule has 0 amide bonds. The Balaban J connectivity index is 1.34. The molecule has 1 aliphatic carbocycles. The summed E-state index contributed by atoms with van der Waals surface area (Å²) in [6, 6.07) is 15.0. The third-order valence-corrected chi connectivity index (χ3v) is 8.14. The molecule has 1 unspecified atom stereocenters. The number of hydrogen-bond donors (Lipinski definition) is 0. The minimum atomic E-state index is -4.23. The first-order valence-corrected chi connectivity index (χ1v) is 12.5. The minimum absolute atomic E-state index is 0.129. The smallest absolute Gasteiger partial charge is 0.401 e. The number of aliphatic imine (C=N–C) groups is 1. The van der Waals surface area contributed by atoms with Crippen molar-refractivity contribution < 1.29 is 22.3 Å². The Bertz CT molecular complexity index is 1110. The van der Waals surface area contributed by atoms with Gasteiger partial charge in [0.2, 0.25) is 0 Å². The van der Waals surface area contributed by atoms with E-state index in [4.69, 9.17) is 9.73 Å². The zero-order valence-corrected chi connectivity index (χ0v) is 19.5. The molecule has 6 rings (SSSR count). The molecule has 2 aromatic rings. The third-order valence-electron chi connectivity index (χ3n) is 8.14. The van der Waals surface area contributed by atoms with Gasteiger partial charge in [-0.2, -0.15) is 13.2 Å². The van der Waals surface area contributed by atoms with E-state index in [0.29, 0.717) is 31.4 Å². The zero-order valence-electron chi connectivity index (χ0n) is 19.5. The van der Waals surface area contributed by atoms with Crippen molar-refractivity contribution in [3.05, 3.63) is 71.0 Å². The maximum absolute atomic E-state index is 13.7. The van der Waals surface area contributed by atoms with Crippen molar-refractivity contribution in [1.82, 2.24) is 9.80 Å². The highest BCUT2D eigenvalue weighted by molar-refractivity contribution is 5.78. The molecule has 0 radical (unpaired) electrons. The zero-order chi connectivity index (χ0) is 24.2. The van der Waals surface area contributed by atoms with E-state index < -0.39 is 18.3 Å². The van der Waals surface area contributed by atoms with Crippen LogP contribution in [0.4, 0.5) is 17.6 Å². The van der Waals surface area contributed by atoms with E-state index in [0.717, 1.165) is 36.8 Å². The Morgan fingerprint density at radius 3 is 2.51 bits per heavy atom. The maximum atomic E-state index is 13.7. The predicted molar refractivity (Wildman–Crippen MR) is 125 cm³/mol. The Kier molecular flexibility index (Phi) is 5.55. The molecule has 3 atom stereocenters. The van der Waals surface area contributed by atoms with Crippen LogP contribution >= 0.6 is 0 Å². The number of nitrogens with zero attached hydrogens (tertiary/aromatic N) is 3. The fourth-order valence-electron chi connectivity index (χ4n) is 6.30. The molecule has 0 N–H and O–H groups in total. The second-order valence-corrected chi connectivity index (χ2v) is 10.4. The van der Waals surface area contributed by atoms with Crippen molar-refractivity contribution in [3.63, 3.8) is 0 Å². The molecule has 0 aromatic heterocycles. The molecule has 4 aliphatic rings. The van der Waals surface area contributed by atoms with E-state index in [9.17, 15) is 17.6 Å². The summed E-state index contributed by atoms with van der Waals surface area (Å²) in [6.07, 6.45) is 0.334. The average Bonchev–Trinajstić information content (AvgIpc) is 3.35. The van der Waals surface area contributed by atoms with Crippen molar-refractivity contribution >= 4 is 6.02 Å². The fraction of sp³-hybridized carbons (Fsp3) is 0.519. The van der Waals surface area contributed by atoms with E-state index in [-0.39, 0.29) is 24.4 Å². The normalized spacial score (nSPS) is 29.1. The predicted octanol–water partition coefficient (Wildman–Crippen LogP) is 5.33. The molecule has 1 saturated carbocycles. The highest BCUT2D eigenvalue weighted by atomic mass is 19.4. The van der Waals surface area contributed by atoms with Crippen LogP contribution in [0, 0.1) is 11.7 Å². The van der Waals surface area contributed by atoms with E-state index in [1.807, 2.05) is 12.1 Å². The first-order valence-electron chi connectivity index (χ1n) is 12.5. The van der Waals surface area contributed by atoms with Crippen molar-refractivity contribution in [1.29, 1.82) is 0 Å². The lowest BCUT2D eigenvalue weighted by Crippen LogP contribution is -2.50. The van der Waals surface area contributed by atoms with Gasteiger partial charge >= 0.3 is 6.18 Å². The summed E-state index contributed by atoms with van der Waals surface area (Å²) in [6.45, 7) is 0.361. The summed E-state index contributed by atoms with van der Waals surface area (Å²) in [7, 11) is 0. The number of halogens is 4. The quantitative estimate of drug-likeness (QED) is 0.548. The SMILES string of the molecule is Fc1ccc([C@H]2c3ccccc3CCN2C2=NC(C3CCC3)[C@]3(CCN(CC(F)(F)F)C3)O2)cc1. The molecule has 35 heavy (non-hydrogen) atoms. The standard InChI is InChI=1S/C27H29F4N3O/c28-21-10-8-19(9-11-21)23-22-7-2-1-4-18(22)12-14-34(23)25-32-24(20-5-3-6-20)26(35-25)13-15-33(16-26)17-27(29,30)31/h1-2,4,7-11,20,23-24H,3,5-6,12-17H2/t23-,24?,26+/m0/s1. The van der Waals surface area contributed by atoms with Crippen molar-refractivity contribution in [3.8, 4) is 0 Å². The maximum Gasteiger partial charge on any atom is 0.401 e. The molecule has 2 fully saturated rings. The number of ether oxygens (including phenoxy) is 1. The monoisotopic (exact) mass is 487 g/mol. The molecule has 1 spiro atoms. The Labute approximate surface area is 202 Å². The van der Waals surface area contributed by atoms with Gasteiger partial charge in [0.05, 0.1) is 18.6 Å². The van der Waals surface area contributed by atoms with Gasteiger partial charge in [0.1, 0.15) is 11.4 Å². The van der Waals surface area contributed by atoms with Crippen LogP contribution < -0.4 is 0 Å². The van der Waals surface area contributed by atoms with Crippen LogP contribution in [0.15, 0.2) is 53.5 Å². The minimum Gasteiger partial charge on any atom is -0.455 e. The largest absolute Gasteiger partial charge is 0.455 e. The van der Waals surface area contributed by atoms with Gasteiger partial charge in [-0.05, 0) is 54.0 Å². The molecule has 3 aliphatic heterocycles. The van der Waals surface area contributed by atoms with Crippen LogP contribution in [0.3, 0.4) is 0 Å². The van der Waals surface area contributed by atoms with Crippen molar-refractivity contribution in [2.45, 2.75) is 56.0 Å². The lowest BCUT2D eigenvalue weighted by Gasteiger charge is -2.40. The van der Waals surface area contributed by atoms with Crippen LogP contribution in [0.1, 0.15) is 48.4 Å². The number of likely N-dealkylation sites (tertiary alicyclic amines) is 1. The van der Waals surface area contributed by atoms with E-state index >= 15 is 0 Å². The van der Waals surface area contributed by atoms with E-state index in [1.54, 1.807) is 12.1 Å². The summed E-state index contributed by atoms with van der Waals surface area (Å²) >= 11 is 0. The van der Waals surface area contributed by atoms with Gasteiger partial charge in [-0.1, -0.05) is 42.8 Å². The molecule has 1 saturated heterocycles. The molecule has 2 aromatic carbocycles. The van der Waals surface area contributed by atoms with Gasteiger partial charge in [0.25, 0.3) is 6.02 Å². The number of fused-ring (bicyclic) bond motifs is 1. The Hall–Kier alpha value is -2.61. The van der Waals surface area contributed by atoms with Gasteiger partial charge in [0, 0.05) is 26.1 Å². The summed E-state index contributed by atoms with van der Waals surface area (Å²) in [5.74, 6) is 0.0539. The first kappa shape index (κ1) is 22.8. The highest BCUT2D eigenvalue weighted by Gasteiger charge is 2.57. The molecule has 8 heteroatoms. The van der Waals surface area contributed by atoms with Crippen LogP contribution in [-0.4, -0.2) is 59.8 Å². The fourth-order valence-corrected chi connectivity index (χ4v) is 6.30. The van der Waals surface area contributed by atoms with Crippen molar-refractivity contribution in [2.24, 2.45) is 10.9 Å². The number of hydrogen-bond acceptors (Lipinski definition) is 4. The van der Waals surface area contributed by atoms with Gasteiger partial charge in [-0.15, -0.1) is 0 Å². The topological polar surface area (TPSA) is 28.1 Å². The number of amidine groups is 1. The van der Waals surface area contributed by atoms with E-state index in [1.165, 1.54) is 22.6 Å². The van der Waals surface area contributed by atoms with Crippen LogP contribution in [0.2, 0.25) is 0 Å². The Morgan fingerprint density at radius 1 is 1.03 bits per heavy atom. The lowest BCUT2D eigenvalue weighted by atomic mass is 9.73. The molecule has 4 nitrogen and oxygen atoms in total. The number of benzene rings is 2. The van der Waals surface area contributed by atoms with Gasteiger partial charge in [-0.3, -0.25) is 4.90 Å². The third kappa shape index (κ3) is 4.20. The van der Waals surface area contributed by atoms with Gasteiger partial charge in [0.15, 0.2) is 0 Å². The van der Waals surface area contributed by atoms with Crippen LogP contribution in [0.25, 0.3) is 0 Å². The summed E-state index contributed by atoms with van der Waals surface area (Å²) in [5, 5.41) is 0. The molecule has 3 heterocycles. The molecular weight excluding hydrogens is 458 g/mol. The molecule has 186 valence electrons. The molecule has 0 bridgehead atoms. The highest BCUT2D eigenvalue weighted by Crippen LogP contribution is 2.47. The second kappa shape index (κ2) is 8.50. The number of alkyl halides is 3. The van der Waals surface area contributed by atoms with Crippen LogP contribution in [-0.2, 0) is 11.2 Å². The van der Waals surface area contributed by atoms with Gasteiger partial charge in [-0.25, -0.2) is 9.38 Å². The Morgan fingerprint density at radius 2 is 1.80 bits per heavy atom. The average molecular weight is 488 g/mol. The van der Waals surface area contributed by atoms with Crippen LogP contribution in [0.5, 0.6) is 0 Å². The summed E-state index contributed by atoms with van der Waals surface area (Å²) in [4.78, 5) is 8.71. The summed E-state index contributed by atoms with van der Waals surface area (Å²) in [5.41, 5.74) is 2.59. The molecular formula is C27H29F4N3O. The summed E-state index contributed by atoms with van der Waals surface area (Å²) < 4.78 is 59.8.